The number of nitrogens with zero attached hydrogens (tertiary/aromatic N) is 1. The first-order chi connectivity index (χ1) is 12.1. The van der Waals surface area contributed by atoms with E-state index in [1.807, 2.05) is 12.1 Å². The fourth-order valence-electron chi connectivity index (χ4n) is 3.41. The van der Waals surface area contributed by atoms with Crippen molar-refractivity contribution in [1.29, 1.82) is 0 Å². The molecule has 0 aliphatic carbocycles. The number of benzene rings is 1. The highest BCUT2D eigenvalue weighted by Crippen LogP contribution is 2.27. The van der Waals surface area contributed by atoms with E-state index >= 15 is 0 Å². The second kappa shape index (κ2) is 8.84. The fraction of sp³-hybridized carbons (Fsp3) is 0.450. The van der Waals surface area contributed by atoms with Gasteiger partial charge in [0.2, 0.25) is 5.91 Å². The second-order valence-electron chi connectivity index (χ2n) is 6.66. The summed E-state index contributed by atoms with van der Waals surface area (Å²) in [4.78, 5) is 16.2. The van der Waals surface area contributed by atoms with Gasteiger partial charge in [-0.05, 0) is 68.4 Å². The minimum absolute atomic E-state index is 0.150. The fourth-order valence-corrected chi connectivity index (χ4v) is 4.24. The van der Waals surface area contributed by atoms with Crippen molar-refractivity contribution >= 4 is 28.8 Å². The first-order valence-corrected chi connectivity index (χ1v) is 10.2. The Hall–Kier alpha value is -1.36. The monoisotopic (exact) mass is 376 g/mol. The maximum absolute atomic E-state index is 12.4. The minimum Gasteiger partial charge on any atom is -0.355 e. The van der Waals surface area contributed by atoms with Crippen molar-refractivity contribution in [1.82, 2.24) is 10.2 Å². The summed E-state index contributed by atoms with van der Waals surface area (Å²) in [6.45, 7) is 4.89. The highest BCUT2D eigenvalue weighted by molar-refractivity contribution is 7.09. The number of carbonyl (C=O) groups excluding carboxylic acids is 1. The van der Waals surface area contributed by atoms with E-state index in [1.54, 1.807) is 11.3 Å². The molecule has 3 nitrogen and oxygen atoms in total. The normalized spacial score (nSPS) is 17.4. The van der Waals surface area contributed by atoms with Gasteiger partial charge in [-0.25, -0.2) is 0 Å². The third-order valence-corrected chi connectivity index (χ3v) is 6.24. The van der Waals surface area contributed by atoms with Crippen molar-refractivity contribution in [3.05, 3.63) is 57.2 Å². The maximum Gasteiger partial charge on any atom is 0.223 e. The zero-order chi connectivity index (χ0) is 17.6. The molecular weight excluding hydrogens is 352 g/mol. The van der Waals surface area contributed by atoms with E-state index in [2.05, 4.69) is 46.8 Å². The van der Waals surface area contributed by atoms with Crippen LogP contribution in [0.15, 0.2) is 41.8 Å². The van der Waals surface area contributed by atoms with Crippen LogP contribution in [0.2, 0.25) is 5.02 Å². The highest BCUT2D eigenvalue weighted by atomic mass is 35.5. The number of halogens is 1. The Kier molecular flexibility index (Phi) is 6.51. The van der Waals surface area contributed by atoms with Gasteiger partial charge in [0.1, 0.15) is 0 Å². The van der Waals surface area contributed by atoms with Crippen molar-refractivity contribution in [3.8, 4) is 0 Å². The SMILES string of the molecule is CC(c1ccc(Cl)cc1)N1CCC(C(=O)NCCc2cccs2)CC1. The molecule has 1 fully saturated rings. The first kappa shape index (κ1) is 18.4. The molecule has 25 heavy (non-hydrogen) atoms. The standard InChI is InChI=1S/C20H25ClN2OS/c1-15(16-4-6-18(21)7-5-16)23-12-9-17(10-13-23)20(24)22-11-8-19-3-2-14-25-19/h2-7,14-15,17H,8-13H2,1H3,(H,22,24). The number of amides is 1. The number of hydrogen-bond acceptors (Lipinski definition) is 3. The van der Waals surface area contributed by atoms with E-state index in [0.717, 1.165) is 43.9 Å². The number of carbonyl (C=O) groups is 1. The van der Waals surface area contributed by atoms with Crippen molar-refractivity contribution in [3.63, 3.8) is 0 Å². The lowest BCUT2D eigenvalue weighted by atomic mass is 9.94. The molecule has 1 aromatic heterocycles. The van der Waals surface area contributed by atoms with Crippen molar-refractivity contribution < 1.29 is 4.79 Å². The van der Waals surface area contributed by atoms with E-state index in [-0.39, 0.29) is 11.8 Å². The molecule has 1 amide bonds. The van der Waals surface area contributed by atoms with Gasteiger partial charge < -0.3 is 5.32 Å². The average Bonchev–Trinajstić information content (AvgIpc) is 3.15. The Morgan fingerprint density at radius 1 is 1.28 bits per heavy atom. The summed E-state index contributed by atoms with van der Waals surface area (Å²) >= 11 is 7.72. The summed E-state index contributed by atoms with van der Waals surface area (Å²) in [5.41, 5.74) is 1.28. The predicted octanol–water partition coefficient (Wildman–Crippen LogP) is 4.53. The maximum atomic E-state index is 12.4. The van der Waals surface area contributed by atoms with Gasteiger partial charge in [0, 0.05) is 28.4 Å². The van der Waals surface area contributed by atoms with E-state index < -0.39 is 0 Å². The Balaban J connectivity index is 1.43. The topological polar surface area (TPSA) is 32.3 Å². The molecule has 1 unspecified atom stereocenters. The Morgan fingerprint density at radius 2 is 2.00 bits per heavy atom. The lowest BCUT2D eigenvalue weighted by molar-refractivity contribution is -0.126. The van der Waals surface area contributed by atoms with E-state index in [0.29, 0.717) is 6.04 Å². The molecule has 1 atom stereocenters. The van der Waals surface area contributed by atoms with Gasteiger partial charge in [-0.2, -0.15) is 0 Å². The van der Waals surface area contributed by atoms with Gasteiger partial charge in [0.25, 0.3) is 0 Å². The molecule has 1 aliphatic rings. The molecule has 0 spiro atoms. The number of likely N-dealkylation sites (tertiary alicyclic amines) is 1. The second-order valence-corrected chi connectivity index (χ2v) is 8.13. The summed E-state index contributed by atoms with van der Waals surface area (Å²) in [5, 5.41) is 5.96. The Morgan fingerprint density at radius 3 is 2.64 bits per heavy atom. The number of piperidine rings is 1. The van der Waals surface area contributed by atoms with Gasteiger partial charge in [0.05, 0.1) is 0 Å². The molecular formula is C20H25ClN2OS. The molecule has 1 aromatic carbocycles. The van der Waals surface area contributed by atoms with Crippen LogP contribution in [0.5, 0.6) is 0 Å². The molecule has 2 aromatic rings. The van der Waals surface area contributed by atoms with Crippen LogP contribution in [0.3, 0.4) is 0 Å². The van der Waals surface area contributed by atoms with E-state index in [1.165, 1.54) is 10.4 Å². The molecule has 0 saturated carbocycles. The molecule has 1 aliphatic heterocycles. The van der Waals surface area contributed by atoms with Crippen LogP contribution in [-0.2, 0) is 11.2 Å². The van der Waals surface area contributed by atoms with Crippen molar-refractivity contribution in [2.24, 2.45) is 5.92 Å². The quantitative estimate of drug-likeness (QED) is 0.803. The van der Waals surface area contributed by atoms with Gasteiger partial charge in [-0.15, -0.1) is 11.3 Å². The summed E-state index contributed by atoms with van der Waals surface area (Å²) in [6.07, 6.45) is 2.79. The van der Waals surface area contributed by atoms with Crippen LogP contribution in [-0.4, -0.2) is 30.4 Å². The number of rotatable bonds is 6. The van der Waals surface area contributed by atoms with Gasteiger partial charge in [0.15, 0.2) is 0 Å². The largest absolute Gasteiger partial charge is 0.355 e. The van der Waals surface area contributed by atoms with Crippen LogP contribution in [0.4, 0.5) is 0 Å². The van der Waals surface area contributed by atoms with Gasteiger partial charge >= 0.3 is 0 Å². The van der Waals surface area contributed by atoms with Crippen LogP contribution >= 0.6 is 22.9 Å². The lowest BCUT2D eigenvalue weighted by Gasteiger charge is -2.35. The molecule has 134 valence electrons. The summed E-state index contributed by atoms with van der Waals surface area (Å²) in [5.74, 6) is 0.368. The third kappa shape index (κ3) is 5.06. The van der Waals surface area contributed by atoms with Crippen LogP contribution in [0, 0.1) is 5.92 Å². The highest BCUT2D eigenvalue weighted by Gasteiger charge is 2.27. The molecule has 0 bridgehead atoms. The lowest BCUT2D eigenvalue weighted by Crippen LogP contribution is -2.41. The molecule has 3 rings (SSSR count). The van der Waals surface area contributed by atoms with Crippen molar-refractivity contribution in [2.75, 3.05) is 19.6 Å². The molecule has 2 heterocycles. The van der Waals surface area contributed by atoms with Gasteiger partial charge in [-0.1, -0.05) is 29.8 Å². The third-order valence-electron chi connectivity index (χ3n) is 5.05. The molecule has 1 N–H and O–H groups in total. The van der Waals surface area contributed by atoms with E-state index in [4.69, 9.17) is 11.6 Å². The van der Waals surface area contributed by atoms with Crippen molar-refractivity contribution in [2.45, 2.75) is 32.2 Å². The van der Waals surface area contributed by atoms with Gasteiger partial charge in [-0.3, -0.25) is 9.69 Å². The van der Waals surface area contributed by atoms with Crippen LogP contribution in [0.1, 0.15) is 36.2 Å². The molecule has 1 saturated heterocycles. The first-order valence-electron chi connectivity index (χ1n) is 8.93. The van der Waals surface area contributed by atoms with E-state index in [9.17, 15) is 4.79 Å². The Bertz CT molecular complexity index is 664. The summed E-state index contributed by atoms with van der Waals surface area (Å²) < 4.78 is 0. The van der Waals surface area contributed by atoms with Crippen LogP contribution in [0.25, 0.3) is 0 Å². The number of thiophene rings is 1. The van der Waals surface area contributed by atoms with Crippen LogP contribution < -0.4 is 5.32 Å². The number of hydrogen-bond donors (Lipinski definition) is 1. The predicted molar refractivity (Wildman–Crippen MR) is 105 cm³/mol. The summed E-state index contributed by atoms with van der Waals surface area (Å²) in [6, 6.07) is 12.6. The number of nitrogens with one attached hydrogen (secondary N) is 1. The average molecular weight is 377 g/mol. The zero-order valence-electron chi connectivity index (χ0n) is 14.6. The summed E-state index contributed by atoms with van der Waals surface area (Å²) in [7, 11) is 0. The minimum atomic E-state index is 0.150. The Labute approximate surface area is 159 Å². The molecule has 5 heteroatoms. The smallest absolute Gasteiger partial charge is 0.223 e. The zero-order valence-corrected chi connectivity index (χ0v) is 16.2. The molecule has 0 radical (unpaired) electrons.